The maximum absolute atomic E-state index is 11.9. The normalized spacial score (nSPS) is 19.7. The van der Waals surface area contributed by atoms with Gasteiger partial charge in [0.2, 0.25) is 5.91 Å². The Morgan fingerprint density at radius 1 is 1.44 bits per heavy atom. The molecule has 18 heavy (non-hydrogen) atoms. The number of carbonyl (C=O) groups excluding carboxylic acids is 1. The number of carbonyl (C=O) groups is 1. The fraction of sp³-hybridized carbons (Fsp3) is 0.429. The van der Waals surface area contributed by atoms with E-state index in [4.69, 9.17) is 4.74 Å². The summed E-state index contributed by atoms with van der Waals surface area (Å²) in [5.41, 5.74) is 0.791. The Balaban J connectivity index is 1.67. The van der Waals surface area contributed by atoms with E-state index in [0.29, 0.717) is 0 Å². The minimum atomic E-state index is 0.122. The molecule has 0 bridgehead atoms. The molecule has 0 saturated heterocycles. The van der Waals surface area contributed by atoms with Gasteiger partial charge in [-0.25, -0.2) is 4.68 Å². The van der Waals surface area contributed by atoms with Crippen molar-refractivity contribution in [3.63, 3.8) is 0 Å². The van der Waals surface area contributed by atoms with Crippen LogP contribution in [0.3, 0.4) is 0 Å². The third kappa shape index (κ3) is 2.23. The summed E-state index contributed by atoms with van der Waals surface area (Å²) < 4.78 is 6.83. The Kier molecular flexibility index (Phi) is 3.00. The van der Waals surface area contributed by atoms with Crippen molar-refractivity contribution >= 4 is 12.0 Å². The molecule has 1 fully saturated rings. The van der Waals surface area contributed by atoms with Crippen LogP contribution >= 0.6 is 0 Å². The summed E-state index contributed by atoms with van der Waals surface area (Å²) in [4.78, 5) is 11.9. The van der Waals surface area contributed by atoms with Gasteiger partial charge in [0.25, 0.3) is 0 Å². The highest BCUT2D eigenvalue weighted by molar-refractivity contribution is 5.81. The maximum Gasteiger partial charge on any atom is 0.249 e. The second-order valence-corrected chi connectivity index (χ2v) is 4.73. The van der Waals surface area contributed by atoms with E-state index in [2.05, 4.69) is 5.10 Å². The summed E-state index contributed by atoms with van der Waals surface area (Å²) in [5.74, 6) is 1.19. The third-order valence-corrected chi connectivity index (χ3v) is 3.44. The van der Waals surface area contributed by atoms with Crippen molar-refractivity contribution in [2.24, 2.45) is 5.92 Å². The predicted octanol–water partition coefficient (Wildman–Crippen LogP) is 2.64. The highest BCUT2D eigenvalue weighted by Gasteiger charge is 2.26. The number of hydrogen-bond acceptors (Lipinski definition) is 3. The van der Waals surface area contributed by atoms with E-state index in [1.807, 2.05) is 24.3 Å². The molecule has 2 aliphatic rings. The average Bonchev–Trinajstić information content (AvgIpc) is 2.95. The molecule has 1 saturated carbocycles. The van der Waals surface area contributed by atoms with Crippen LogP contribution in [-0.4, -0.2) is 22.3 Å². The molecule has 1 aliphatic heterocycles. The van der Waals surface area contributed by atoms with Crippen LogP contribution in [0.1, 0.15) is 36.2 Å². The topological polar surface area (TPSA) is 44.1 Å². The van der Waals surface area contributed by atoms with E-state index in [0.717, 1.165) is 43.7 Å². The Hall–Kier alpha value is -1.84. The average molecular weight is 244 g/mol. The molecule has 1 aromatic heterocycles. The first kappa shape index (κ1) is 11.3. The zero-order chi connectivity index (χ0) is 12.4. The molecular formula is C14H16N2O2. The fourth-order valence-corrected chi connectivity index (χ4v) is 2.11. The minimum Gasteiger partial charge on any atom is -0.494 e. The van der Waals surface area contributed by atoms with Crippen molar-refractivity contribution in [1.82, 2.24) is 9.78 Å². The third-order valence-electron chi connectivity index (χ3n) is 3.44. The van der Waals surface area contributed by atoms with Gasteiger partial charge >= 0.3 is 0 Å². The van der Waals surface area contributed by atoms with Gasteiger partial charge in [0.05, 0.1) is 12.3 Å². The lowest BCUT2D eigenvalue weighted by Crippen LogP contribution is -2.27. The molecule has 0 radical (unpaired) electrons. The first-order valence-corrected chi connectivity index (χ1v) is 6.44. The van der Waals surface area contributed by atoms with Gasteiger partial charge in [-0.1, -0.05) is 6.42 Å². The number of hydrogen-bond donors (Lipinski definition) is 0. The van der Waals surface area contributed by atoms with Gasteiger partial charge in [-0.2, -0.15) is 5.10 Å². The molecule has 0 unspecified atom stereocenters. The van der Waals surface area contributed by atoms with Crippen LogP contribution in [-0.2, 0) is 4.74 Å². The molecule has 0 aromatic carbocycles. The standard InChI is InChI=1S/C14H16N2O2/c17-14(11-3-1-4-11)16-9-8-12(15-16)6-7-13-5-2-10-18-13/h5-9,11H,1-4,10H2/b7-6+. The quantitative estimate of drug-likeness (QED) is 0.821. The molecule has 94 valence electrons. The smallest absolute Gasteiger partial charge is 0.249 e. The Morgan fingerprint density at radius 2 is 2.33 bits per heavy atom. The van der Waals surface area contributed by atoms with Crippen molar-refractivity contribution in [2.75, 3.05) is 6.61 Å². The fourth-order valence-electron chi connectivity index (χ4n) is 2.11. The monoisotopic (exact) mass is 244 g/mol. The van der Waals surface area contributed by atoms with Gasteiger partial charge in [0, 0.05) is 18.5 Å². The highest BCUT2D eigenvalue weighted by atomic mass is 16.5. The largest absolute Gasteiger partial charge is 0.494 e. The molecule has 1 aliphatic carbocycles. The van der Waals surface area contributed by atoms with Crippen LogP contribution in [0.15, 0.2) is 30.2 Å². The van der Waals surface area contributed by atoms with Gasteiger partial charge in [-0.15, -0.1) is 0 Å². The summed E-state index contributed by atoms with van der Waals surface area (Å²) in [6, 6.07) is 1.85. The number of rotatable bonds is 3. The van der Waals surface area contributed by atoms with E-state index < -0.39 is 0 Å². The van der Waals surface area contributed by atoms with Gasteiger partial charge in [-0.05, 0) is 37.1 Å². The van der Waals surface area contributed by atoms with E-state index in [1.54, 1.807) is 6.20 Å². The Labute approximate surface area is 106 Å². The second-order valence-electron chi connectivity index (χ2n) is 4.73. The molecular weight excluding hydrogens is 228 g/mol. The highest BCUT2D eigenvalue weighted by Crippen LogP contribution is 2.27. The number of ether oxygens (including phenoxy) is 1. The molecule has 1 aromatic rings. The summed E-state index contributed by atoms with van der Waals surface area (Å²) in [7, 11) is 0. The van der Waals surface area contributed by atoms with E-state index >= 15 is 0 Å². The first-order valence-electron chi connectivity index (χ1n) is 6.44. The zero-order valence-electron chi connectivity index (χ0n) is 10.2. The Morgan fingerprint density at radius 3 is 3.00 bits per heavy atom. The predicted molar refractivity (Wildman–Crippen MR) is 67.9 cm³/mol. The molecule has 0 N–H and O–H groups in total. The van der Waals surface area contributed by atoms with E-state index in [1.165, 1.54) is 4.68 Å². The lowest BCUT2D eigenvalue weighted by molar-refractivity contribution is 0.0747. The minimum absolute atomic E-state index is 0.122. The van der Waals surface area contributed by atoms with Crippen LogP contribution in [0.4, 0.5) is 0 Å². The van der Waals surface area contributed by atoms with Crippen LogP contribution in [0.2, 0.25) is 0 Å². The molecule has 2 heterocycles. The van der Waals surface area contributed by atoms with Crippen molar-refractivity contribution in [1.29, 1.82) is 0 Å². The van der Waals surface area contributed by atoms with Gasteiger partial charge in [-0.3, -0.25) is 4.79 Å². The SMILES string of the molecule is O=C(C1CCC1)n1ccc(/C=C/C2=CCCO2)n1. The van der Waals surface area contributed by atoms with Crippen LogP contribution in [0, 0.1) is 5.92 Å². The van der Waals surface area contributed by atoms with Gasteiger partial charge in [0.15, 0.2) is 0 Å². The van der Waals surface area contributed by atoms with Crippen molar-refractivity contribution in [3.05, 3.63) is 35.9 Å². The summed E-state index contributed by atoms with van der Waals surface area (Å²) in [6.45, 7) is 0.758. The molecule has 0 atom stereocenters. The maximum atomic E-state index is 11.9. The molecule has 4 nitrogen and oxygen atoms in total. The summed E-state index contributed by atoms with van der Waals surface area (Å²) >= 11 is 0. The van der Waals surface area contributed by atoms with Crippen molar-refractivity contribution < 1.29 is 9.53 Å². The molecule has 0 amide bonds. The lowest BCUT2D eigenvalue weighted by atomic mass is 9.85. The Bertz CT molecular complexity index is 510. The van der Waals surface area contributed by atoms with Crippen molar-refractivity contribution in [3.8, 4) is 0 Å². The second kappa shape index (κ2) is 4.80. The number of nitrogens with zero attached hydrogens (tertiary/aromatic N) is 2. The van der Waals surface area contributed by atoms with E-state index in [9.17, 15) is 4.79 Å². The zero-order valence-corrected chi connectivity index (χ0v) is 10.2. The van der Waals surface area contributed by atoms with Crippen molar-refractivity contribution in [2.45, 2.75) is 25.7 Å². The van der Waals surface area contributed by atoms with Crippen LogP contribution < -0.4 is 0 Å². The molecule has 4 heteroatoms. The number of allylic oxidation sites excluding steroid dienone is 1. The number of aromatic nitrogens is 2. The van der Waals surface area contributed by atoms with Crippen LogP contribution in [0.5, 0.6) is 0 Å². The summed E-state index contributed by atoms with van der Waals surface area (Å²) in [6.07, 6.45) is 11.7. The summed E-state index contributed by atoms with van der Waals surface area (Å²) in [5, 5.41) is 4.27. The van der Waals surface area contributed by atoms with Gasteiger partial charge in [0.1, 0.15) is 5.76 Å². The van der Waals surface area contributed by atoms with Gasteiger partial charge < -0.3 is 4.74 Å². The molecule has 0 spiro atoms. The molecule has 3 rings (SSSR count). The first-order chi connectivity index (χ1) is 8.83. The lowest BCUT2D eigenvalue weighted by Gasteiger charge is -2.22. The van der Waals surface area contributed by atoms with E-state index in [-0.39, 0.29) is 11.8 Å². The van der Waals surface area contributed by atoms with Crippen LogP contribution in [0.25, 0.3) is 6.08 Å².